The van der Waals surface area contributed by atoms with Gasteiger partial charge in [0.1, 0.15) is 5.75 Å². The van der Waals surface area contributed by atoms with Gasteiger partial charge in [0.25, 0.3) is 0 Å². The first-order valence-corrected chi connectivity index (χ1v) is 5.44. The van der Waals surface area contributed by atoms with Crippen LogP contribution < -0.4 is 5.73 Å². The fraction of sp³-hybridized carbons (Fsp3) is 0.455. The molecule has 1 atom stereocenters. The summed E-state index contributed by atoms with van der Waals surface area (Å²) in [6.07, 6.45) is -4.14. The molecule has 17 heavy (non-hydrogen) atoms. The van der Waals surface area contributed by atoms with Gasteiger partial charge in [-0.2, -0.15) is 13.2 Å². The lowest BCUT2D eigenvalue weighted by molar-refractivity contribution is -0.138. The van der Waals surface area contributed by atoms with E-state index in [9.17, 15) is 18.3 Å². The smallest absolute Gasteiger partial charge is 0.420 e. The van der Waals surface area contributed by atoms with Crippen LogP contribution in [-0.4, -0.2) is 11.7 Å². The summed E-state index contributed by atoms with van der Waals surface area (Å²) in [5.41, 5.74) is 4.41. The summed E-state index contributed by atoms with van der Waals surface area (Å²) in [4.78, 5) is 0. The van der Waals surface area contributed by atoms with Gasteiger partial charge in [-0.05, 0) is 36.6 Å². The summed E-state index contributed by atoms with van der Waals surface area (Å²) in [7, 11) is 0. The van der Waals surface area contributed by atoms with Crippen molar-refractivity contribution in [3.63, 3.8) is 0 Å². The molecule has 96 valence electrons. The van der Waals surface area contributed by atoms with Crippen LogP contribution in [0.4, 0.5) is 13.2 Å². The molecule has 0 fully saturated rings. The van der Waals surface area contributed by atoms with Crippen LogP contribution in [0.5, 0.6) is 5.75 Å². The molecule has 1 rings (SSSR count). The van der Waals surface area contributed by atoms with Crippen LogP contribution in [-0.2, 0) is 6.18 Å². The summed E-state index contributed by atoms with van der Waals surface area (Å²) in [5, 5.41) is 9.58. The fourth-order valence-electron chi connectivity index (χ4n) is 1.62. The van der Waals surface area contributed by atoms with Gasteiger partial charge in [0.15, 0.2) is 0 Å². The van der Waals surface area contributed by atoms with E-state index in [1.807, 2.05) is 0 Å². The average molecular weight is 268 g/mol. The number of rotatable bonds is 3. The van der Waals surface area contributed by atoms with Crippen LogP contribution in [0.1, 0.15) is 30.4 Å². The van der Waals surface area contributed by atoms with Crippen LogP contribution in [0.3, 0.4) is 0 Å². The monoisotopic (exact) mass is 267 g/mol. The molecule has 3 N–H and O–H groups in total. The quantitative estimate of drug-likeness (QED) is 0.880. The molecule has 2 nitrogen and oxygen atoms in total. The zero-order valence-electron chi connectivity index (χ0n) is 9.18. The average Bonchev–Trinajstić information content (AvgIpc) is 2.19. The molecular weight excluding hydrogens is 255 g/mol. The van der Waals surface area contributed by atoms with Crippen LogP contribution in [0.2, 0.25) is 5.02 Å². The predicted octanol–water partition coefficient (Wildman–Crippen LogP) is 3.52. The van der Waals surface area contributed by atoms with Crippen molar-refractivity contribution in [2.75, 3.05) is 6.54 Å². The van der Waals surface area contributed by atoms with Gasteiger partial charge in [-0.3, -0.25) is 0 Å². The molecule has 0 amide bonds. The minimum atomic E-state index is -4.62. The Kier molecular flexibility index (Phi) is 4.27. The Balaban J connectivity index is 3.28. The molecule has 0 bridgehead atoms. The van der Waals surface area contributed by atoms with Gasteiger partial charge >= 0.3 is 6.18 Å². The standard InChI is InChI=1S/C11H13ClF3NO/c1-6(2-3-16)8-4-7(12)5-9(10(8)17)11(13,14)15/h4-6,17H,2-3,16H2,1H3. The van der Waals surface area contributed by atoms with E-state index in [-0.39, 0.29) is 16.5 Å². The van der Waals surface area contributed by atoms with Crippen LogP contribution in [0.15, 0.2) is 12.1 Å². The van der Waals surface area contributed by atoms with Crippen molar-refractivity contribution < 1.29 is 18.3 Å². The zero-order valence-corrected chi connectivity index (χ0v) is 9.94. The number of nitrogens with two attached hydrogens (primary N) is 1. The molecule has 0 radical (unpaired) electrons. The van der Waals surface area contributed by atoms with Gasteiger partial charge in [0.05, 0.1) is 5.56 Å². The molecule has 1 aromatic rings. The van der Waals surface area contributed by atoms with Crippen molar-refractivity contribution in [2.45, 2.75) is 25.4 Å². The van der Waals surface area contributed by atoms with Crippen LogP contribution >= 0.6 is 11.6 Å². The van der Waals surface area contributed by atoms with Crippen molar-refractivity contribution in [3.8, 4) is 5.75 Å². The lowest BCUT2D eigenvalue weighted by atomic mass is 9.94. The second-order valence-electron chi connectivity index (χ2n) is 3.87. The second kappa shape index (κ2) is 5.14. The van der Waals surface area contributed by atoms with E-state index in [4.69, 9.17) is 17.3 Å². The van der Waals surface area contributed by atoms with E-state index in [1.54, 1.807) is 6.92 Å². The maximum Gasteiger partial charge on any atom is 0.420 e. The molecule has 0 spiro atoms. The molecule has 0 heterocycles. The van der Waals surface area contributed by atoms with Gasteiger partial charge < -0.3 is 10.8 Å². The highest BCUT2D eigenvalue weighted by atomic mass is 35.5. The summed E-state index contributed by atoms with van der Waals surface area (Å²) in [6, 6.07) is 2.06. The molecule has 0 saturated heterocycles. The highest BCUT2D eigenvalue weighted by Crippen LogP contribution is 2.42. The maximum atomic E-state index is 12.6. The second-order valence-corrected chi connectivity index (χ2v) is 4.30. The van der Waals surface area contributed by atoms with E-state index in [1.165, 1.54) is 6.07 Å². The van der Waals surface area contributed by atoms with Gasteiger partial charge in [-0.25, -0.2) is 0 Å². The molecule has 0 saturated carbocycles. The van der Waals surface area contributed by atoms with E-state index in [0.717, 1.165) is 6.07 Å². The molecular formula is C11H13ClF3NO. The normalized spacial score (nSPS) is 13.8. The van der Waals surface area contributed by atoms with Gasteiger partial charge in [-0.15, -0.1) is 0 Å². The largest absolute Gasteiger partial charge is 0.507 e. The number of aromatic hydroxyl groups is 1. The number of phenolic OH excluding ortho intramolecular Hbond substituents is 1. The molecule has 0 aromatic heterocycles. The van der Waals surface area contributed by atoms with E-state index < -0.39 is 17.5 Å². The third-order valence-electron chi connectivity index (χ3n) is 2.54. The number of halogens is 4. The van der Waals surface area contributed by atoms with Crippen molar-refractivity contribution in [1.82, 2.24) is 0 Å². The lowest BCUT2D eigenvalue weighted by Gasteiger charge is -2.17. The first-order chi connectivity index (χ1) is 7.77. The number of hydrogen-bond donors (Lipinski definition) is 2. The third kappa shape index (κ3) is 3.26. The zero-order chi connectivity index (χ0) is 13.2. The van der Waals surface area contributed by atoms with Crippen LogP contribution in [0.25, 0.3) is 0 Å². The molecule has 0 aliphatic rings. The summed E-state index contributed by atoms with van der Waals surface area (Å²) in [5.74, 6) is -1.04. The Morgan fingerprint density at radius 3 is 2.47 bits per heavy atom. The van der Waals surface area contributed by atoms with Gasteiger partial charge in [0.2, 0.25) is 0 Å². The van der Waals surface area contributed by atoms with E-state index in [2.05, 4.69) is 0 Å². The SMILES string of the molecule is CC(CCN)c1cc(Cl)cc(C(F)(F)F)c1O. The van der Waals surface area contributed by atoms with Gasteiger partial charge in [-0.1, -0.05) is 18.5 Å². The van der Waals surface area contributed by atoms with Crippen molar-refractivity contribution in [2.24, 2.45) is 5.73 Å². The first kappa shape index (κ1) is 14.1. The third-order valence-corrected chi connectivity index (χ3v) is 2.76. The van der Waals surface area contributed by atoms with Crippen molar-refractivity contribution in [1.29, 1.82) is 0 Å². The minimum Gasteiger partial charge on any atom is -0.507 e. The highest BCUT2D eigenvalue weighted by molar-refractivity contribution is 6.30. The number of hydrogen-bond acceptors (Lipinski definition) is 2. The molecule has 1 unspecified atom stereocenters. The maximum absolute atomic E-state index is 12.6. The van der Waals surface area contributed by atoms with E-state index in [0.29, 0.717) is 13.0 Å². The Labute approximate surface area is 102 Å². The molecule has 1 aromatic carbocycles. The van der Waals surface area contributed by atoms with Gasteiger partial charge in [0, 0.05) is 5.02 Å². The number of phenols is 1. The molecule has 0 aliphatic carbocycles. The molecule has 6 heteroatoms. The van der Waals surface area contributed by atoms with Crippen LogP contribution in [0, 0.1) is 0 Å². The Hall–Kier alpha value is -0.940. The highest BCUT2D eigenvalue weighted by Gasteiger charge is 2.35. The fourth-order valence-corrected chi connectivity index (χ4v) is 1.84. The van der Waals surface area contributed by atoms with Crippen molar-refractivity contribution in [3.05, 3.63) is 28.3 Å². The Morgan fingerprint density at radius 1 is 1.41 bits per heavy atom. The van der Waals surface area contributed by atoms with E-state index >= 15 is 0 Å². The summed E-state index contributed by atoms with van der Waals surface area (Å²) in [6.45, 7) is 2.02. The lowest BCUT2D eigenvalue weighted by Crippen LogP contribution is -2.09. The molecule has 0 aliphatic heterocycles. The Bertz CT molecular complexity index is 406. The first-order valence-electron chi connectivity index (χ1n) is 5.07. The topological polar surface area (TPSA) is 46.2 Å². The minimum absolute atomic E-state index is 0.0472. The summed E-state index contributed by atoms with van der Waals surface area (Å²) < 4.78 is 37.8. The predicted molar refractivity (Wildman–Crippen MR) is 60.2 cm³/mol. The number of alkyl halides is 3. The number of benzene rings is 1. The summed E-state index contributed by atoms with van der Waals surface area (Å²) >= 11 is 5.63. The van der Waals surface area contributed by atoms with Crippen molar-refractivity contribution >= 4 is 11.6 Å². The Morgan fingerprint density at radius 2 is 2.00 bits per heavy atom.